The molecule has 0 saturated carbocycles. The predicted octanol–water partition coefficient (Wildman–Crippen LogP) is 1.70. The zero-order valence-corrected chi connectivity index (χ0v) is 11.3. The van der Waals surface area contributed by atoms with Crippen molar-refractivity contribution in [2.45, 2.75) is 33.4 Å². The molecule has 4 nitrogen and oxygen atoms in total. The monoisotopic (exact) mass is 238 g/mol. The summed E-state index contributed by atoms with van der Waals surface area (Å²) in [5, 5.41) is 3.25. The summed E-state index contributed by atoms with van der Waals surface area (Å²) in [6.45, 7) is 6.73. The molecule has 0 aromatic carbocycles. The molecule has 0 saturated heterocycles. The number of nitrogens with zero attached hydrogens (tertiary/aromatic N) is 1. The Morgan fingerprint density at radius 3 is 2.59 bits per heavy atom. The number of rotatable bonds is 4. The molecule has 17 heavy (non-hydrogen) atoms. The lowest BCUT2D eigenvalue weighted by Crippen LogP contribution is -2.46. The molecule has 1 N–H and O–H groups in total. The van der Waals surface area contributed by atoms with E-state index in [0.29, 0.717) is 6.54 Å². The van der Waals surface area contributed by atoms with Crippen LogP contribution in [0.1, 0.15) is 26.3 Å². The van der Waals surface area contributed by atoms with Crippen molar-refractivity contribution in [3.05, 3.63) is 24.0 Å². The van der Waals surface area contributed by atoms with Crippen LogP contribution in [-0.4, -0.2) is 23.7 Å². The van der Waals surface area contributed by atoms with Crippen LogP contribution in [0.4, 0.5) is 0 Å². The topological polar surface area (TPSA) is 43.3 Å². The third kappa shape index (κ3) is 3.89. The molecule has 0 unspecified atom stereocenters. The lowest BCUT2D eigenvalue weighted by atomic mass is 9.86. The maximum absolute atomic E-state index is 11.7. The number of hydrogen-bond acceptors (Lipinski definition) is 3. The molecule has 4 heteroatoms. The fraction of sp³-hybridized carbons (Fsp3) is 0.615. The van der Waals surface area contributed by atoms with Gasteiger partial charge in [-0.2, -0.15) is 0 Å². The minimum absolute atomic E-state index is 0.165. The van der Waals surface area contributed by atoms with Crippen molar-refractivity contribution in [2.75, 3.05) is 7.11 Å². The molecule has 1 heterocycles. The first kappa shape index (κ1) is 13.8. The quantitative estimate of drug-likeness (QED) is 0.812. The molecule has 0 aliphatic carbocycles. The van der Waals surface area contributed by atoms with Crippen LogP contribution in [0.15, 0.2) is 18.5 Å². The van der Waals surface area contributed by atoms with Gasteiger partial charge in [0.2, 0.25) is 0 Å². The van der Waals surface area contributed by atoms with Gasteiger partial charge in [0.25, 0.3) is 0 Å². The van der Waals surface area contributed by atoms with Crippen LogP contribution in [-0.2, 0) is 23.1 Å². The SMILES string of the molecule is COC(=O)[C@@H](NCc1ccn(C)c1)C(C)(C)C. The Hall–Kier alpha value is -1.29. The first-order valence-electron chi connectivity index (χ1n) is 5.76. The Morgan fingerprint density at radius 2 is 2.18 bits per heavy atom. The minimum Gasteiger partial charge on any atom is -0.468 e. The number of esters is 1. The third-order valence-corrected chi connectivity index (χ3v) is 2.71. The van der Waals surface area contributed by atoms with Crippen LogP contribution < -0.4 is 5.32 Å². The van der Waals surface area contributed by atoms with Gasteiger partial charge < -0.3 is 9.30 Å². The van der Waals surface area contributed by atoms with Gasteiger partial charge in [0.05, 0.1) is 7.11 Å². The second kappa shape index (κ2) is 5.36. The van der Waals surface area contributed by atoms with Gasteiger partial charge in [-0.1, -0.05) is 20.8 Å². The summed E-state index contributed by atoms with van der Waals surface area (Å²) in [6.07, 6.45) is 4.02. The second-order valence-corrected chi connectivity index (χ2v) is 5.39. The molecule has 1 aromatic rings. The smallest absolute Gasteiger partial charge is 0.323 e. The molecule has 1 aromatic heterocycles. The summed E-state index contributed by atoms with van der Waals surface area (Å²) in [7, 11) is 3.40. The van der Waals surface area contributed by atoms with Crippen molar-refractivity contribution in [3.8, 4) is 0 Å². The Kier molecular flexibility index (Phi) is 4.34. The zero-order chi connectivity index (χ0) is 13.1. The van der Waals surface area contributed by atoms with Crippen molar-refractivity contribution in [2.24, 2.45) is 12.5 Å². The summed E-state index contributed by atoms with van der Waals surface area (Å²) in [6, 6.07) is 1.73. The number of hydrogen-bond donors (Lipinski definition) is 1. The van der Waals surface area contributed by atoms with E-state index >= 15 is 0 Å². The van der Waals surface area contributed by atoms with Crippen molar-refractivity contribution >= 4 is 5.97 Å². The van der Waals surface area contributed by atoms with E-state index in [1.54, 1.807) is 0 Å². The van der Waals surface area contributed by atoms with Crippen LogP contribution in [0, 0.1) is 5.41 Å². The highest BCUT2D eigenvalue weighted by atomic mass is 16.5. The standard InChI is InChI=1S/C13H22N2O2/c1-13(2,3)11(12(16)17-5)14-8-10-6-7-15(4)9-10/h6-7,9,11,14H,8H2,1-5H3/t11-/m1/s1. The Morgan fingerprint density at radius 1 is 1.53 bits per heavy atom. The second-order valence-electron chi connectivity index (χ2n) is 5.39. The van der Waals surface area contributed by atoms with Gasteiger partial charge in [0.1, 0.15) is 6.04 Å². The molecule has 0 bridgehead atoms. The first-order valence-corrected chi connectivity index (χ1v) is 5.76. The summed E-state index contributed by atoms with van der Waals surface area (Å²) in [5.74, 6) is -0.214. The maximum atomic E-state index is 11.7. The summed E-state index contributed by atoms with van der Waals surface area (Å²) in [4.78, 5) is 11.7. The van der Waals surface area contributed by atoms with Gasteiger partial charge in [-0.15, -0.1) is 0 Å². The highest BCUT2D eigenvalue weighted by Gasteiger charge is 2.31. The van der Waals surface area contributed by atoms with E-state index in [-0.39, 0.29) is 17.4 Å². The summed E-state index contributed by atoms with van der Waals surface area (Å²) < 4.78 is 6.81. The van der Waals surface area contributed by atoms with Gasteiger partial charge in [0, 0.05) is 26.0 Å². The number of aromatic nitrogens is 1. The lowest BCUT2D eigenvalue weighted by molar-refractivity contribution is -0.146. The van der Waals surface area contributed by atoms with Crippen molar-refractivity contribution in [1.82, 2.24) is 9.88 Å². The van der Waals surface area contributed by atoms with Crippen molar-refractivity contribution in [1.29, 1.82) is 0 Å². The molecule has 0 fully saturated rings. The highest BCUT2D eigenvalue weighted by Crippen LogP contribution is 2.20. The predicted molar refractivity (Wildman–Crippen MR) is 67.5 cm³/mol. The van der Waals surface area contributed by atoms with E-state index in [4.69, 9.17) is 4.74 Å². The average molecular weight is 238 g/mol. The highest BCUT2D eigenvalue weighted by molar-refractivity contribution is 5.76. The largest absolute Gasteiger partial charge is 0.468 e. The van der Waals surface area contributed by atoms with E-state index in [1.807, 2.05) is 50.8 Å². The van der Waals surface area contributed by atoms with Gasteiger partial charge in [-0.3, -0.25) is 10.1 Å². The molecule has 0 aliphatic heterocycles. The lowest BCUT2D eigenvalue weighted by Gasteiger charge is -2.29. The Bertz CT molecular complexity index is 377. The van der Waals surface area contributed by atoms with Crippen molar-refractivity contribution in [3.63, 3.8) is 0 Å². The Labute approximate surface area is 103 Å². The van der Waals surface area contributed by atoms with Crippen LogP contribution in [0.2, 0.25) is 0 Å². The summed E-state index contributed by atoms with van der Waals surface area (Å²) >= 11 is 0. The van der Waals surface area contributed by atoms with Crippen molar-refractivity contribution < 1.29 is 9.53 Å². The molecule has 0 aliphatic rings. The first-order chi connectivity index (χ1) is 7.84. The number of carbonyl (C=O) groups excluding carboxylic acids is 1. The minimum atomic E-state index is -0.298. The molecule has 1 atom stereocenters. The zero-order valence-electron chi connectivity index (χ0n) is 11.3. The van der Waals surface area contributed by atoms with E-state index in [2.05, 4.69) is 5.32 Å². The molecule has 0 radical (unpaired) electrons. The van der Waals surface area contributed by atoms with Crippen LogP contribution in [0.5, 0.6) is 0 Å². The normalized spacial score (nSPS) is 13.5. The number of aryl methyl sites for hydroxylation is 1. The maximum Gasteiger partial charge on any atom is 0.323 e. The number of carbonyl (C=O) groups is 1. The van der Waals surface area contributed by atoms with E-state index < -0.39 is 0 Å². The number of methoxy groups -OCH3 is 1. The Balaban J connectivity index is 2.65. The van der Waals surface area contributed by atoms with Crippen LogP contribution in [0.3, 0.4) is 0 Å². The molecule has 0 amide bonds. The molecular formula is C13H22N2O2. The van der Waals surface area contributed by atoms with Gasteiger partial charge in [-0.25, -0.2) is 0 Å². The van der Waals surface area contributed by atoms with E-state index in [9.17, 15) is 4.79 Å². The van der Waals surface area contributed by atoms with Gasteiger partial charge >= 0.3 is 5.97 Å². The average Bonchev–Trinajstić information content (AvgIpc) is 2.62. The molecule has 1 rings (SSSR count). The third-order valence-electron chi connectivity index (χ3n) is 2.71. The molecular weight excluding hydrogens is 216 g/mol. The van der Waals surface area contributed by atoms with Crippen LogP contribution in [0.25, 0.3) is 0 Å². The van der Waals surface area contributed by atoms with E-state index in [0.717, 1.165) is 5.56 Å². The number of ether oxygens (including phenoxy) is 1. The van der Waals surface area contributed by atoms with E-state index in [1.165, 1.54) is 7.11 Å². The fourth-order valence-electron chi connectivity index (χ4n) is 1.75. The summed E-state index contributed by atoms with van der Waals surface area (Å²) in [5.41, 5.74) is 0.993. The number of nitrogens with one attached hydrogen (secondary N) is 1. The fourth-order valence-corrected chi connectivity index (χ4v) is 1.75. The van der Waals surface area contributed by atoms with Gasteiger partial charge in [-0.05, 0) is 17.0 Å². The molecule has 0 spiro atoms. The van der Waals surface area contributed by atoms with Crippen LogP contribution >= 0.6 is 0 Å². The molecule has 96 valence electrons. The van der Waals surface area contributed by atoms with Gasteiger partial charge in [0.15, 0.2) is 0 Å².